The van der Waals surface area contributed by atoms with Crippen molar-refractivity contribution in [2.45, 2.75) is 60.8 Å². The Kier molecular flexibility index (Phi) is 15.0. The van der Waals surface area contributed by atoms with E-state index in [2.05, 4.69) is 72.1 Å². The topological polar surface area (TPSA) is 46.2 Å². The summed E-state index contributed by atoms with van der Waals surface area (Å²) >= 11 is 0. The number of sulfonamides is 1. The van der Waals surface area contributed by atoms with Crippen LogP contribution in [0.5, 0.6) is 0 Å². The van der Waals surface area contributed by atoms with Crippen LogP contribution in [0.2, 0.25) is 0 Å². The number of rotatable bonds is 5. The summed E-state index contributed by atoms with van der Waals surface area (Å²) in [6.45, 7) is 16.1. The quantitative estimate of drug-likeness (QED) is 0.441. The second-order valence-electron chi connectivity index (χ2n) is 7.03. The monoisotopic (exact) mass is 390 g/mol. The number of nitrogens with one attached hydrogen (secondary N) is 1. The van der Waals surface area contributed by atoms with Crippen LogP contribution >= 0.6 is 0 Å². The fraction of sp³-hybridized carbons (Fsp3) is 0.750. The van der Waals surface area contributed by atoms with Gasteiger partial charge < -0.3 is 10.6 Å². The Labute approximate surface area is 158 Å². The van der Waals surface area contributed by atoms with Crippen LogP contribution in [-0.2, 0) is 42.7 Å². The molecule has 0 fully saturated rings. The summed E-state index contributed by atoms with van der Waals surface area (Å²) in [7, 11) is 0.0486. The van der Waals surface area contributed by atoms with E-state index in [4.69, 9.17) is 0 Å². The van der Waals surface area contributed by atoms with Crippen molar-refractivity contribution in [3.05, 3.63) is 14.0 Å². The minimum atomic E-state index is -3.10. The van der Waals surface area contributed by atoms with Gasteiger partial charge in [-0.3, -0.25) is 13.0 Å². The van der Waals surface area contributed by atoms with Crippen LogP contribution in [0.3, 0.4) is 0 Å². The van der Waals surface area contributed by atoms with Gasteiger partial charge in [0.25, 0.3) is 0 Å². The van der Waals surface area contributed by atoms with E-state index >= 15 is 0 Å². The molecule has 0 rings (SSSR count). The molecule has 21 heavy (non-hydrogen) atoms. The van der Waals surface area contributed by atoms with E-state index in [1.807, 2.05) is 0 Å². The van der Waals surface area contributed by atoms with Crippen molar-refractivity contribution < 1.29 is 41.1 Å². The SMILES string of the molecule is [CH2-]C#CC(C)(C)C.[CH2-]NS(=O)(=O)CCCCC(C)(C)C.[Y]. The Morgan fingerprint density at radius 2 is 1.52 bits per heavy atom. The zero-order valence-corrected chi connectivity index (χ0v) is 18.2. The molecule has 0 aromatic heterocycles. The Morgan fingerprint density at radius 3 is 1.76 bits per heavy atom. The first kappa shape index (κ1) is 26.3. The maximum Gasteiger partial charge on any atom is 0.184 e. The van der Waals surface area contributed by atoms with Crippen LogP contribution in [0.1, 0.15) is 60.8 Å². The third-order valence-electron chi connectivity index (χ3n) is 2.27. The van der Waals surface area contributed by atoms with Crippen molar-refractivity contribution in [1.82, 2.24) is 4.72 Å². The molecule has 0 aliphatic heterocycles. The summed E-state index contributed by atoms with van der Waals surface area (Å²) in [6.07, 6.45) is 2.71. The Hall–Kier alpha value is 0.444. The molecule has 0 aliphatic rings. The Morgan fingerprint density at radius 1 is 1.05 bits per heavy atom. The first-order chi connectivity index (χ1) is 8.83. The van der Waals surface area contributed by atoms with E-state index in [1.165, 1.54) is 0 Å². The van der Waals surface area contributed by atoms with Gasteiger partial charge in [-0.2, -0.15) is 6.92 Å². The molecule has 0 saturated carbocycles. The van der Waals surface area contributed by atoms with E-state index in [0.29, 0.717) is 11.8 Å². The van der Waals surface area contributed by atoms with Gasteiger partial charge in [-0.15, -0.1) is 0 Å². The molecule has 0 spiro atoms. The molecule has 0 aliphatic carbocycles. The van der Waals surface area contributed by atoms with Crippen molar-refractivity contribution in [2.75, 3.05) is 5.75 Å². The van der Waals surface area contributed by atoms with Gasteiger partial charge in [0.2, 0.25) is 0 Å². The average molecular weight is 390 g/mol. The summed E-state index contributed by atoms with van der Waals surface area (Å²) in [5, 5.41) is 0. The maximum atomic E-state index is 11.0. The van der Waals surface area contributed by atoms with Crippen molar-refractivity contribution in [3.63, 3.8) is 0 Å². The maximum absolute atomic E-state index is 11.0. The zero-order chi connectivity index (χ0) is 16.4. The van der Waals surface area contributed by atoms with Crippen molar-refractivity contribution >= 4 is 10.0 Å². The Bertz CT molecular complexity index is 406. The van der Waals surface area contributed by atoms with E-state index in [9.17, 15) is 8.42 Å². The molecular weight excluding hydrogens is 359 g/mol. The summed E-state index contributed by atoms with van der Waals surface area (Å²) in [5.41, 5.74) is 0.420. The molecular formula is C16H31NO2SY-2. The van der Waals surface area contributed by atoms with Gasteiger partial charge >= 0.3 is 0 Å². The molecule has 0 saturated heterocycles. The van der Waals surface area contributed by atoms with Gasteiger partial charge in [-0.1, -0.05) is 53.4 Å². The number of unbranched alkanes of at least 4 members (excludes halogenated alkanes) is 1. The fourth-order valence-electron chi connectivity index (χ4n) is 1.28. The first-order valence-electron chi connectivity index (χ1n) is 6.89. The minimum Gasteiger partial charge on any atom is -0.368 e. The summed E-state index contributed by atoms with van der Waals surface area (Å²) in [5.74, 6) is 5.72. The summed E-state index contributed by atoms with van der Waals surface area (Å²) in [6, 6.07) is 0. The second kappa shape index (κ2) is 11.9. The molecule has 0 unspecified atom stereocenters. The van der Waals surface area contributed by atoms with Crippen LogP contribution in [0.25, 0.3) is 0 Å². The van der Waals surface area contributed by atoms with E-state index < -0.39 is 10.0 Å². The molecule has 123 valence electrons. The van der Waals surface area contributed by atoms with Crippen LogP contribution in [0.15, 0.2) is 0 Å². The zero-order valence-electron chi connectivity index (χ0n) is 14.5. The molecule has 5 heteroatoms. The fourth-order valence-corrected chi connectivity index (χ4v) is 2.01. The molecule has 0 aromatic rings. The standard InChI is InChI=1S/C9H20NO2S.C7H11.Y/c1-9(2,3)7-5-6-8-13(11,12)10-4;1-5-6-7(2,3)4;/h10H,4-8H2,1-3H3;1H2,2-4H3;/q2*-1;. The molecule has 0 atom stereocenters. The van der Waals surface area contributed by atoms with Crippen LogP contribution in [0.4, 0.5) is 0 Å². The first-order valence-corrected chi connectivity index (χ1v) is 8.54. The third kappa shape index (κ3) is 25.7. The molecule has 0 amide bonds. The molecule has 1 radical (unpaired) electrons. The molecule has 0 heterocycles. The van der Waals surface area contributed by atoms with Gasteiger partial charge in [0.05, 0.1) is 5.75 Å². The molecule has 3 nitrogen and oxygen atoms in total. The van der Waals surface area contributed by atoms with Crippen molar-refractivity contribution in [1.29, 1.82) is 0 Å². The van der Waals surface area contributed by atoms with Gasteiger partial charge in [0.1, 0.15) is 0 Å². The van der Waals surface area contributed by atoms with E-state index in [-0.39, 0.29) is 43.9 Å². The largest absolute Gasteiger partial charge is 0.368 e. The van der Waals surface area contributed by atoms with Gasteiger partial charge in [0.15, 0.2) is 10.0 Å². The smallest absolute Gasteiger partial charge is 0.184 e. The molecule has 0 bridgehead atoms. The summed E-state index contributed by atoms with van der Waals surface area (Å²) in [4.78, 5) is 0. The van der Waals surface area contributed by atoms with Crippen LogP contribution in [-0.4, -0.2) is 14.2 Å². The number of hydrogen-bond acceptors (Lipinski definition) is 2. The second-order valence-corrected chi connectivity index (χ2v) is 8.96. The van der Waals surface area contributed by atoms with Gasteiger partial charge in [-0.25, -0.2) is 8.42 Å². The third-order valence-corrected chi connectivity index (χ3v) is 3.54. The molecule has 1 N–H and O–H groups in total. The predicted molar refractivity (Wildman–Crippen MR) is 88.2 cm³/mol. The van der Waals surface area contributed by atoms with Gasteiger partial charge in [-0.05, 0) is 18.3 Å². The number of hydrogen-bond donors (Lipinski definition) is 1. The van der Waals surface area contributed by atoms with E-state index in [0.717, 1.165) is 12.8 Å². The van der Waals surface area contributed by atoms with Crippen molar-refractivity contribution in [2.24, 2.45) is 10.8 Å². The Balaban J connectivity index is -0.000000347. The minimum absolute atomic E-state index is 0. The predicted octanol–water partition coefficient (Wildman–Crippen LogP) is 3.78. The summed E-state index contributed by atoms with van der Waals surface area (Å²) < 4.78 is 24.0. The average Bonchev–Trinajstić information content (AvgIpc) is 2.22. The van der Waals surface area contributed by atoms with Crippen LogP contribution < -0.4 is 4.72 Å². The van der Waals surface area contributed by atoms with Crippen LogP contribution in [0, 0.1) is 36.6 Å². The van der Waals surface area contributed by atoms with E-state index in [1.54, 1.807) is 0 Å². The normalized spacial score (nSPS) is 11.4. The van der Waals surface area contributed by atoms with Crippen molar-refractivity contribution in [3.8, 4) is 11.8 Å². The van der Waals surface area contributed by atoms with Gasteiger partial charge in [0, 0.05) is 32.7 Å². The molecule has 0 aromatic carbocycles.